The van der Waals surface area contributed by atoms with Crippen LogP contribution in [0.4, 0.5) is 8.78 Å². The maximum atomic E-state index is 13.3. The molecule has 106 valence electrons. The van der Waals surface area contributed by atoms with Crippen LogP contribution in [0, 0.1) is 11.6 Å². The lowest BCUT2D eigenvalue weighted by atomic mass is 10.1. The van der Waals surface area contributed by atoms with E-state index in [-0.39, 0.29) is 17.7 Å². The molecule has 2 nitrogen and oxygen atoms in total. The molecule has 2 aromatic rings. The first-order valence-electron chi connectivity index (χ1n) is 6.09. The number of ether oxygens (including phenoxy) is 1. The lowest BCUT2D eigenvalue weighted by Crippen LogP contribution is -2.08. The molecule has 0 amide bonds. The molecule has 2 N–H and O–H groups in total. The molecule has 0 fully saturated rings. The molecule has 0 saturated heterocycles. The average molecular weight is 298 g/mol. The summed E-state index contributed by atoms with van der Waals surface area (Å²) in [5.41, 5.74) is 7.20. The van der Waals surface area contributed by atoms with E-state index in [1.54, 1.807) is 19.1 Å². The summed E-state index contributed by atoms with van der Waals surface area (Å²) in [6.07, 6.45) is 0. The summed E-state index contributed by atoms with van der Waals surface area (Å²) in [7, 11) is 0. The van der Waals surface area contributed by atoms with Crippen LogP contribution in [-0.2, 0) is 6.61 Å². The Balaban J connectivity index is 2.17. The summed E-state index contributed by atoms with van der Waals surface area (Å²) < 4.78 is 31.9. The summed E-state index contributed by atoms with van der Waals surface area (Å²) in [6, 6.07) is 8.23. The predicted octanol–water partition coefficient (Wildman–Crippen LogP) is 4.22. The highest BCUT2D eigenvalue weighted by Gasteiger charge is 2.10. The van der Waals surface area contributed by atoms with Gasteiger partial charge in [-0.1, -0.05) is 23.7 Å². The van der Waals surface area contributed by atoms with Gasteiger partial charge in [-0.2, -0.15) is 0 Å². The average Bonchev–Trinajstić information content (AvgIpc) is 2.40. The third kappa shape index (κ3) is 3.46. The van der Waals surface area contributed by atoms with Gasteiger partial charge in [0.1, 0.15) is 24.0 Å². The SMILES string of the molecule is CC(N)c1ccc(F)cc1OCc1ccc(F)c(Cl)c1. The van der Waals surface area contributed by atoms with Crippen LogP contribution in [0.15, 0.2) is 36.4 Å². The van der Waals surface area contributed by atoms with Crippen LogP contribution in [0.2, 0.25) is 5.02 Å². The van der Waals surface area contributed by atoms with Crippen LogP contribution in [-0.4, -0.2) is 0 Å². The number of hydrogen-bond donors (Lipinski definition) is 1. The maximum Gasteiger partial charge on any atom is 0.141 e. The minimum atomic E-state index is -0.488. The Morgan fingerprint density at radius 2 is 1.95 bits per heavy atom. The second-order valence-corrected chi connectivity index (χ2v) is 4.92. The summed E-state index contributed by atoms with van der Waals surface area (Å²) in [5.74, 6) is -0.514. The van der Waals surface area contributed by atoms with Gasteiger partial charge in [0.05, 0.1) is 5.02 Å². The third-order valence-corrected chi connectivity index (χ3v) is 3.13. The highest BCUT2D eigenvalue weighted by Crippen LogP contribution is 2.26. The van der Waals surface area contributed by atoms with Crippen LogP contribution >= 0.6 is 11.6 Å². The van der Waals surface area contributed by atoms with E-state index >= 15 is 0 Å². The summed E-state index contributed by atoms with van der Waals surface area (Å²) in [4.78, 5) is 0. The van der Waals surface area contributed by atoms with Crippen molar-refractivity contribution in [1.29, 1.82) is 0 Å². The van der Waals surface area contributed by atoms with Gasteiger partial charge in [-0.15, -0.1) is 0 Å². The predicted molar refractivity (Wildman–Crippen MR) is 74.7 cm³/mol. The van der Waals surface area contributed by atoms with E-state index in [1.807, 2.05) is 0 Å². The largest absolute Gasteiger partial charge is 0.488 e. The van der Waals surface area contributed by atoms with Gasteiger partial charge in [0.25, 0.3) is 0 Å². The zero-order chi connectivity index (χ0) is 14.7. The summed E-state index contributed by atoms with van der Waals surface area (Å²) >= 11 is 5.69. The van der Waals surface area contributed by atoms with Crippen molar-refractivity contribution in [2.45, 2.75) is 19.6 Å². The Bertz CT molecular complexity index is 617. The monoisotopic (exact) mass is 297 g/mol. The van der Waals surface area contributed by atoms with Gasteiger partial charge in [0.2, 0.25) is 0 Å². The smallest absolute Gasteiger partial charge is 0.141 e. The Kier molecular flexibility index (Phi) is 4.57. The molecule has 0 aliphatic rings. The van der Waals surface area contributed by atoms with Gasteiger partial charge >= 0.3 is 0 Å². The molecule has 0 aromatic heterocycles. The van der Waals surface area contributed by atoms with E-state index in [4.69, 9.17) is 22.1 Å². The van der Waals surface area contributed by atoms with Gasteiger partial charge in [-0.25, -0.2) is 8.78 Å². The maximum absolute atomic E-state index is 13.3. The molecule has 2 rings (SSSR count). The van der Waals surface area contributed by atoms with Gasteiger partial charge in [-0.3, -0.25) is 0 Å². The van der Waals surface area contributed by atoms with Gasteiger partial charge in [-0.05, 0) is 30.7 Å². The fraction of sp³-hybridized carbons (Fsp3) is 0.200. The lowest BCUT2D eigenvalue weighted by Gasteiger charge is -2.14. The van der Waals surface area contributed by atoms with Crippen molar-refractivity contribution in [3.63, 3.8) is 0 Å². The highest BCUT2D eigenvalue weighted by atomic mass is 35.5. The zero-order valence-corrected chi connectivity index (χ0v) is 11.6. The summed E-state index contributed by atoms with van der Waals surface area (Å²) in [6.45, 7) is 1.94. The van der Waals surface area contributed by atoms with E-state index in [1.165, 1.54) is 24.3 Å². The van der Waals surface area contributed by atoms with Crippen molar-refractivity contribution in [3.05, 3.63) is 64.2 Å². The molecule has 0 aliphatic heterocycles. The molecule has 0 spiro atoms. The first-order valence-corrected chi connectivity index (χ1v) is 6.47. The topological polar surface area (TPSA) is 35.2 Å². The molecule has 5 heteroatoms. The highest BCUT2D eigenvalue weighted by molar-refractivity contribution is 6.30. The second kappa shape index (κ2) is 6.20. The van der Waals surface area contributed by atoms with E-state index < -0.39 is 11.6 Å². The first-order chi connectivity index (χ1) is 9.47. The minimum absolute atomic E-state index is 0.0257. The Hall–Kier alpha value is -1.65. The van der Waals surface area contributed by atoms with Crippen molar-refractivity contribution in [1.82, 2.24) is 0 Å². The van der Waals surface area contributed by atoms with Crippen molar-refractivity contribution < 1.29 is 13.5 Å². The molecule has 0 bridgehead atoms. The van der Waals surface area contributed by atoms with Crippen LogP contribution in [0.5, 0.6) is 5.75 Å². The van der Waals surface area contributed by atoms with E-state index in [0.29, 0.717) is 16.9 Å². The van der Waals surface area contributed by atoms with Crippen molar-refractivity contribution >= 4 is 11.6 Å². The summed E-state index contributed by atoms with van der Waals surface area (Å²) in [5, 5.41) is 0.0257. The molecule has 1 unspecified atom stereocenters. The number of halogens is 3. The van der Waals surface area contributed by atoms with Gasteiger partial charge in [0.15, 0.2) is 0 Å². The molecular weight excluding hydrogens is 284 g/mol. The standard InChI is InChI=1S/C15H14ClF2NO/c1-9(19)12-4-3-11(17)7-15(12)20-8-10-2-5-14(18)13(16)6-10/h2-7,9H,8,19H2,1H3. The molecule has 0 saturated carbocycles. The fourth-order valence-electron chi connectivity index (χ4n) is 1.80. The molecule has 1 atom stereocenters. The van der Waals surface area contributed by atoms with Crippen LogP contribution in [0.25, 0.3) is 0 Å². The lowest BCUT2D eigenvalue weighted by molar-refractivity contribution is 0.299. The van der Waals surface area contributed by atoms with Crippen LogP contribution in [0.1, 0.15) is 24.1 Å². The van der Waals surface area contributed by atoms with E-state index in [9.17, 15) is 8.78 Å². The van der Waals surface area contributed by atoms with Crippen molar-refractivity contribution in [2.75, 3.05) is 0 Å². The first kappa shape index (κ1) is 14.8. The molecular formula is C15H14ClF2NO. The van der Waals surface area contributed by atoms with E-state index in [2.05, 4.69) is 0 Å². The Morgan fingerprint density at radius 1 is 1.20 bits per heavy atom. The molecule has 20 heavy (non-hydrogen) atoms. The normalized spacial score (nSPS) is 12.2. The van der Waals surface area contributed by atoms with Crippen LogP contribution < -0.4 is 10.5 Å². The molecule has 2 aromatic carbocycles. The Labute approximate surface area is 121 Å². The fourth-order valence-corrected chi connectivity index (χ4v) is 2.00. The Morgan fingerprint density at radius 3 is 2.60 bits per heavy atom. The molecule has 0 radical (unpaired) electrons. The third-order valence-electron chi connectivity index (χ3n) is 2.84. The number of benzene rings is 2. The van der Waals surface area contributed by atoms with E-state index in [0.717, 1.165) is 0 Å². The molecule has 0 aliphatic carbocycles. The second-order valence-electron chi connectivity index (χ2n) is 4.51. The van der Waals surface area contributed by atoms with Gasteiger partial charge < -0.3 is 10.5 Å². The van der Waals surface area contributed by atoms with Crippen molar-refractivity contribution in [2.24, 2.45) is 5.73 Å². The van der Waals surface area contributed by atoms with Gasteiger partial charge in [0, 0.05) is 17.7 Å². The number of hydrogen-bond acceptors (Lipinski definition) is 2. The number of rotatable bonds is 4. The molecule has 0 heterocycles. The van der Waals surface area contributed by atoms with Crippen LogP contribution in [0.3, 0.4) is 0 Å². The van der Waals surface area contributed by atoms with Crippen molar-refractivity contribution in [3.8, 4) is 5.75 Å². The zero-order valence-electron chi connectivity index (χ0n) is 10.9. The minimum Gasteiger partial charge on any atom is -0.488 e. The number of nitrogens with two attached hydrogens (primary N) is 1. The quantitative estimate of drug-likeness (QED) is 0.917.